The van der Waals surface area contributed by atoms with Crippen molar-refractivity contribution in [1.29, 1.82) is 0 Å². The molecule has 1 aliphatic rings. The predicted octanol–water partition coefficient (Wildman–Crippen LogP) is 4.04. The van der Waals surface area contributed by atoms with Crippen LogP contribution < -0.4 is 10.6 Å². The zero-order valence-electron chi connectivity index (χ0n) is 15.5. The van der Waals surface area contributed by atoms with Gasteiger partial charge in [0.05, 0.1) is 0 Å². The molecule has 0 spiro atoms. The molecule has 8 heteroatoms. The summed E-state index contributed by atoms with van der Waals surface area (Å²) < 4.78 is 0.946. The Morgan fingerprint density at radius 1 is 1.10 bits per heavy atom. The minimum atomic E-state index is -0.663. The number of anilines is 1. The van der Waals surface area contributed by atoms with Crippen molar-refractivity contribution < 1.29 is 9.59 Å². The summed E-state index contributed by atoms with van der Waals surface area (Å²) in [5, 5.41) is 15.1. The van der Waals surface area contributed by atoms with Gasteiger partial charge in [-0.1, -0.05) is 69.7 Å². The first kappa shape index (κ1) is 19.7. The predicted molar refractivity (Wildman–Crippen MR) is 116 cm³/mol. The van der Waals surface area contributed by atoms with Crippen molar-refractivity contribution in [3.63, 3.8) is 0 Å². The molecule has 1 aromatic heterocycles. The van der Waals surface area contributed by atoms with Crippen LogP contribution in [0.5, 0.6) is 0 Å². The highest BCUT2D eigenvalue weighted by molar-refractivity contribution is 9.10. The third-order valence-electron chi connectivity index (χ3n) is 4.59. The number of hydrogen-bond acceptors (Lipinski definition) is 5. The Bertz CT molecular complexity index is 1020. The van der Waals surface area contributed by atoms with Crippen LogP contribution in [-0.2, 0) is 16.0 Å². The first-order valence-corrected chi connectivity index (χ1v) is 10.9. The number of aromatic nitrogens is 2. The van der Waals surface area contributed by atoms with Crippen molar-refractivity contribution in [3.8, 4) is 10.6 Å². The van der Waals surface area contributed by atoms with Gasteiger partial charge in [-0.05, 0) is 30.5 Å². The molecule has 3 aromatic rings. The van der Waals surface area contributed by atoms with E-state index in [2.05, 4.69) is 36.8 Å². The van der Waals surface area contributed by atoms with Crippen LogP contribution in [0.1, 0.15) is 18.4 Å². The lowest BCUT2D eigenvalue weighted by molar-refractivity contribution is -0.127. The van der Waals surface area contributed by atoms with Gasteiger partial charge in [-0.3, -0.25) is 14.9 Å². The molecule has 1 heterocycles. The van der Waals surface area contributed by atoms with E-state index in [-0.39, 0.29) is 17.7 Å². The number of rotatable bonds is 7. The molecule has 1 atom stereocenters. The topological polar surface area (TPSA) is 84.0 Å². The summed E-state index contributed by atoms with van der Waals surface area (Å²) in [4.78, 5) is 25.2. The summed E-state index contributed by atoms with van der Waals surface area (Å²) in [5.74, 6) is -0.321. The van der Waals surface area contributed by atoms with E-state index in [4.69, 9.17) is 0 Å². The SMILES string of the molecule is O=C(NC(Cc1ccccc1)C(=O)Nc1nnc(-c2cccc(Br)c2)s1)C1CC1. The Kier molecular flexibility index (Phi) is 6.01. The molecule has 148 valence electrons. The van der Waals surface area contributed by atoms with E-state index in [0.717, 1.165) is 28.4 Å². The molecule has 6 nitrogen and oxygen atoms in total. The van der Waals surface area contributed by atoms with Gasteiger partial charge in [0.1, 0.15) is 11.0 Å². The van der Waals surface area contributed by atoms with Crippen LogP contribution in [0.25, 0.3) is 10.6 Å². The molecule has 1 aliphatic carbocycles. The van der Waals surface area contributed by atoms with Crippen molar-refractivity contribution >= 4 is 44.2 Å². The van der Waals surface area contributed by atoms with Crippen LogP contribution in [0.3, 0.4) is 0 Å². The number of nitrogens with one attached hydrogen (secondary N) is 2. The van der Waals surface area contributed by atoms with Crippen LogP contribution in [0.15, 0.2) is 59.1 Å². The molecule has 2 aromatic carbocycles. The lowest BCUT2D eigenvalue weighted by Crippen LogP contribution is -2.45. The smallest absolute Gasteiger partial charge is 0.249 e. The minimum absolute atomic E-state index is 0.0331. The summed E-state index contributed by atoms with van der Waals surface area (Å²) in [6.07, 6.45) is 2.19. The molecule has 2 N–H and O–H groups in total. The van der Waals surface area contributed by atoms with E-state index in [0.29, 0.717) is 16.6 Å². The van der Waals surface area contributed by atoms with E-state index in [1.165, 1.54) is 11.3 Å². The summed E-state index contributed by atoms with van der Waals surface area (Å²) in [6.45, 7) is 0. The normalized spacial score (nSPS) is 14.2. The van der Waals surface area contributed by atoms with Crippen LogP contribution in [-0.4, -0.2) is 28.1 Å². The molecular weight excluding hydrogens is 452 g/mol. The number of carbonyl (C=O) groups is 2. The van der Waals surface area contributed by atoms with E-state index < -0.39 is 6.04 Å². The van der Waals surface area contributed by atoms with Crippen molar-refractivity contribution in [3.05, 3.63) is 64.6 Å². The van der Waals surface area contributed by atoms with Crippen molar-refractivity contribution in [1.82, 2.24) is 15.5 Å². The highest BCUT2D eigenvalue weighted by Gasteiger charge is 2.33. The number of hydrogen-bond donors (Lipinski definition) is 2. The van der Waals surface area contributed by atoms with Crippen LogP contribution in [0, 0.1) is 5.92 Å². The number of benzene rings is 2. The molecule has 1 fully saturated rings. The second-order valence-corrected chi connectivity index (χ2v) is 8.83. The summed E-state index contributed by atoms with van der Waals surface area (Å²) in [5.41, 5.74) is 1.90. The van der Waals surface area contributed by atoms with Gasteiger partial charge in [-0.15, -0.1) is 10.2 Å². The van der Waals surface area contributed by atoms with Gasteiger partial charge in [0.2, 0.25) is 16.9 Å². The van der Waals surface area contributed by atoms with E-state index >= 15 is 0 Å². The fraction of sp³-hybridized carbons (Fsp3) is 0.238. The van der Waals surface area contributed by atoms with Crippen LogP contribution >= 0.6 is 27.3 Å². The highest BCUT2D eigenvalue weighted by Crippen LogP contribution is 2.30. The minimum Gasteiger partial charge on any atom is -0.344 e. The third kappa shape index (κ3) is 5.27. The quantitative estimate of drug-likeness (QED) is 0.545. The average molecular weight is 471 g/mol. The van der Waals surface area contributed by atoms with Gasteiger partial charge in [-0.2, -0.15) is 0 Å². The average Bonchev–Trinajstić information content (AvgIpc) is 3.47. The molecule has 0 aliphatic heterocycles. The van der Waals surface area contributed by atoms with Gasteiger partial charge < -0.3 is 5.32 Å². The molecule has 0 radical (unpaired) electrons. The fourth-order valence-electron chi connectivity index (χ4n) is 2.90. The first-order valence-electron chi connectivity index (χ1n) is 9.33. The molecule has 4 rings (SSSR count). The van der Waals surface area contributed by atoms with E-state index in [1.807, 2.05) is 54.6 Å². The zero-order chi connectivity index (χ0) is 20.2. The van der Waals surface area contributed by atoms with Gasteiger partial charge in [0.25, 0.3) is 0 Å². The number of halogens is 1. The van der Waals surface area contributed by atoms with Gasteiger partial charge in [0, 0.05) is 22.4 Å². The number of nitrogens with zero attached hydrogens (tertiary/aromatic N) is 2. The van der Waals surface area contributed by atoms with Gasteiger partial charge in [-0.25, -0.2) is 0 Å². The zero-order valence-corrected chi connectivity index (χ0v) is 17.9. The maximum absolute atomic E-state index is 12.9. The molecule has 0 saturated heterocycles. The summed E-state index contributed by atoms with van der Waals surface area (Å²) >= 11 is 4.74. The summed E-state index contributed by atoms with van der Waals surface area (Å²) in [7, 11) is 0. The second-order valence-electron chi connectivity index (χ2n) is 6.94. The highest BCUT2D eigenvalue weighted by atomic mass is 79.9. The van der Waals surface area contributed by atoms with Crippen LogP contribution in [0.4, 0.5) is 5.13 Å². The molecule has 29 heavy (non-hydrogen) atoms. The number of carbonyl (C=O) groups excluding carboxylic acids is 2. The van der Waals surface area contributed by atoms with Crippen LogP contribution in [0.2, 0.25) is 0 Å². The van der Waals surface area contributed by atoms with Gasteiger partial charge >= 0.3 is 0 Å². The molecule has 2 amide bonds. The maximum atomic E-state index is 12.9. The second kappa shape index (κ2) is 8.84. The monoisotopic (exact) mass is 470 g/mol. The Labute approximate surface area is 180 Å². The summed E-state index contributed by atoms with van der Waals surface area (Å²) in [6, 6.07) is 16.7. The first-order chi connectivity index (χ1) is 14.1. The van der Waals surface area contributed by atoms with E-state index in [1.54, 1.807) is 0 Å². The molecule has 1 unspecified atom stereocenters. The number of amides is 2. The lowest BCUT2D eigenvalue weighted by atomic mass is 10.1. The van der Waals surface area contributed by atoms with Gasteiger partial charge in [0.15, 0.2) is 0 Å². The Hall–Kier alpha value is -2.58. The van der Waals surface area contributed by atoms with E-state index in [9.17, 15) is 9.59 Å². The van der Waals surface area contributed by atoms with Crippen molar-refractivity contribution in [2.45, 2.75) is 25.3 Å². The molecule has 0 bridgehead atoms. The Morgan fingerprint density at radius 2 is 1.90 bits per heavy atom. The third-order valence-corrected chi connectivity index (χ3v) is 5.97. The standard InChI is InChI=1S/C21H19BrN4O2S/c22-16-8-4-7-15(12-16)20-25-26-21(29-20)24-19(28)17(23-18(27)14-9-10-14)11-13-5-2-1-3-6-13/h1-8,12,14,17H,9-11H2,(H,23,27)(H,24,26,28). The molecule has 1 saturated carbocycles. The lowest BCUT2D eigenvalue weighted by Gasteiger charge is -2.17. The van der Waals surface area contributed by atoms with Crippen molar-refractivity contribution in [2.75, 3.05) is 5.32 Å². The Balaban J connectivity index is 1.47. The fourth-order valence-corrected chi connectivity index (χ4v) is 4.04. The molecular formula is C21H19BrN4O2S. The van der Waals surface area contributed by atoms with Crippen molar-refractivity contribution in [2.24, 2.45) is 5.92 Å². The largest absolute Gasteiger partial charge is 0.344 e. The maximum Gasteiger partial charge on any atom is 0.249 e. The Morgan fingerprint density at radius 3 is 2.62 bits per heavy atom.